The van der Waals surface area contributed by atoms with Crippen LogP contribution in [0.4, 0.5) is 0 Å². The van der Waals surface area contributed by atoms with E-state index in [0.717, 1.165) is 0 Å². The van der Waals surface area contributed by atoms with Crippen LogP contribution < -0.4 is 0 Å². The van der Waals surface area contributed by atoms with Crippen LogP contribution in [0.3, 0.4) is 0 Å². The van der Waals surface area contributed by atoms with Gasteiger partial charge in [-0.2, -0.15) is 0 Å². The first kappa shape index (κ1) is 9.52. The molecule has 0 spiro atoms. The van der Waals surface area contributed by atoms with Gasteiger partial charge in [-0.05, 0) is 0 Å². The van der Waals surface area contributed by atoms with E-state index in [-0.39, 0.29) is 5.69 Å². The van der Waals surface area contributed by atoms with Crippen LogP contribution in [0, 0.1) is 0 Å². The zero-order chi connectivity index (χ0) is 11.8. The summed E-state index contributed by atoms with van der Waals surface area (Å²) < 4.78 is 6.70. The molecule has 0 unspecified atom stereocenters. The number of carboxylic acid groups (broad SMARTS) is 1. The van der Waals surface area contributed by atoms with Crippen molar-refractivity contribution in [3.63, 3.8) is 0 Å². The van der Waals surface area contributed by atoms with Gasteiger partial charge in [-0.1, -0.05) is 5.16 Å². The predicted molar refractivity (Wildman–Crippen MR) is 55.4 cm³/mol. The van der Waals surface area contributed by atoms with Crippen LogP contribution in [0.2, 0.25) is 0 Å². The molecule has 0 fully saturated rings. The van der Waals surface area contributed by atoms with E-state index in [2.05, 4.69) is 15.1 Å². The van der Waals surface area contributed by atoms with Gasteiger partial charge in [0.2, 0.25) is 0 Å². The summed E-state index contributed by atoms with van der Waals surface area (Å²) in [6.07, 6.45) is 6.48. The summed E-state index contributed by atoms with van der Waals surface area (Å²) in [6, 6.07) is 1.35. The second-order valence-corrected chi connectivity index (χ2v) is 3.33. The van der Waals surface area contributed by atoms with Crippen LogP contribution in [-0.4, -0.2) is 30.6 Å². The summed E-state index contributed by atoms with van der Waals surface area (Å²) in [5.74, 6) is -0.781. The summed E-state index contributed by atoms with van der Waals surface area (Å²) in [5, 5.41) is 12.2. The smallest absolute Gasteiger partial charge is 0.358 e. The lowest BCUT2D eigenvalue weighted by molar-refractivity contribution is 0.0686. The molecule has 3 heterocycles. The van der Waals surface area contributed by atoms with Crippen LogP contribution in [0.5, 0.6) is 0 Å². The van der Waals surface area contributed by atoms with Gasteiger partial charge < -0.3 is 9.63 Å². The van der Waals surface area contributed by atoms with Crippen LogP contribution in [-0.2, 0) is 0 Å². The zero-order valence-electron chi connectivity index (χ0n) is 8.44. The standard InChI is InChI=1S/C10H6N4O3/c15-10(16)6-3-8(17-13-6)7-4-12-9-5-11-1-2-14(7)9/h1-5H,(H,15,16). The highest BCUT2D eigenvalue weighted by atomic mass is 16.5. The number of aromatic carboxylic acids is 1. The third-order valence-corrected chi connectivity index (χ3v) is 2.30. The Morgan fingerprint density at radius 1 is 1.41 bits per heavy atom. The summed E-state index contributed by atoms with van der Waals surface area (Å²) in [6.45, 7) is 0. The third-order valence-electron chi connectivity index (χ3n) is 2.30. The Hall–Kier alpha value is -2.70. The Kier molecular flexibility index (Phi) is 1.91. The first-order chi connectivity index (χ1) is 8.25. The molecule has 7 heteroatoms. The molecule has 84 valence electrons. The Morgan fingerprint density at radius 2 is 2.29 bits per heavy atom. The summed E-state index contributed by atoms with van der Waals surface area (Å²) in [4.78, 5) is 18.7. The molecule has 3 aromatic rings. The van der Waals surface area contributed by atoms with Gasteiger partial charge in [0, 0.05) is 18.5 Å². The van der Waals surface area contributed by atoms with E-state index in [1.807, 2.05) is 0 Å². The maximum Gasteiger partial charge on any atom is 0.358 e. The molecule has 0 amide bonds. The average molecular weight is 230 g/mol. The highest BCUT2D eigenvalue weighted by Gasteiger charge is 2.15. The minimum atomic E-state index is -1.13. The number of hydrogen-bond donors (Lipinski definition) is 1. The lowest BCUT2D eigenvalue weighted by Gasteiger charge is -1.94. The molecule has 0 bridgehead atoms. The highest BCUT2D eigenvalue weighted by molar-refractivity contribution is 5.86. The molecule has 0 saturated carbocycles. The zero-order valence-corrected chi connectivity index (χ0v) is 8.44. The first-order valence-electron chi connectivity index (χ1n) is 4.73. The Bertz CT molecular complexity index is 700. The minimum absolute atomic E-state index is 0.135. The lowest BCUT2D eigenvalue weighted by atomic mass is 10.3. The molecular formula is C10H6N4O3. The topological polar surface area (TPSA) is 93.5 Å². The number of carboxylic acids is 1. The molecule has 1 N–H and O–H groups in total. The van der Waals surface area contributed by atoms with Gasteiger partial charge >= 0.3 is 5.97 Å². The first-order valence-corrected chi connectivity index (χ1v) is 4.73. The maximum absolute atomic E-state index is 10.7. The van der Waals surface area contributed by atoms with Crippen molar-refractivity contribution in [2.75, 3.05) is 0 Å². The molecule has 0 radical (unpaired) electrons. The largest absolute Gasteiger partial charge is 0.476 e. The monoisotopic (exact) mass is 230 g/mol. The summed E-state index contributed by atoms with van der Waals surface area (Å²) >= 11 is 0. The van der Waals surface area contributed by atoms with Crippen molar-refractivity contribution in [3.05, 3.63) is 36.5 Å². The van der Waals surface area contributed by atoms with Crippen molar-refractivity contribution in [1.82, 2.24) is 19.5 Å². The van der Waals surface area contributed by atoms with Crippen LogP contribution >= 0.6 is 0 Å². The number of rotatable bonds is 2. The van der Waals surface area contributed by atoms with E-state index in [1.165, 1.54) is 6.07 Å². The van der Waals surface area contributed by atoms with E-state index in [0.29, 0.717) is 17.1 Å². The lowest BCUT2D eigenvalue weighted by Crippen LogP contribution is -1.94. The predicted octanol–water partition coefficient (Wildman–Crippen LogP) is 1.08. The van der Waals surface area contributed by atoms with Crippen molar-refractivity contribution in [1.29, 1.82) is 0 Å². The molecule has 3 rings (SSSR count). The fourth-order valence-corrected chi connectivity index (χ4v) is 1.52. The van der Waals surface area contributed by atoms with Gasteiger partial charge in [0.25, 0.3) is 0 Å². The molecule has 3 aromatic heterocycles. The summed E-state index contributed by atoms with van der Waals surface area (Å²) in [7, 11) is 0. The fraction of sp³-hybridized carbons (Fsp3) is 0. The number of aromatic nitrogens is 4. The molecule has 7 nitrogen and oxygen atoms in total. The maximum atomic E-state index is 10.7. The number of carbonyl (C=O) groups is 1. The second-order valence-electron chi connectivity index (χ2n) is 3.33. The van der Waals surface area contributed by atoms with Crippen molar-refractivity contribution < 1.29 is 14.4 Å². The molecule has 0 saturated heterocycles. The molecule has 0 aliphatic heterocycles. The molecular weight excluding hydrogens is 224 g/mol. The Balaban J connectivity index is 2.17. The number of imidazole rings is 1. The van der Waals surface area contributed by atoms with Crippen LogP contribution in [0.25, 0.3) is 17.1 Å². The average Bonchev–Trinajstić information content (AvgIpc) is 2.95. The highest BCUT2D eigenvalue weighted by Crippen LogP contribution is 2.21. The Labute approximate surface area is 94.3 Å². The quantitative estimate of drug-likeness (QED) is 0.708. The van der Waals surface area contributed by atoms with Crippen molar-refractivity contribution in [2.24, 2.45) is 0 Å². The van der Waals surface area contributed by atoms with Crippen molar-refractivity contribution >= 4 is 11.6 Å². The van der Waals surface area contributed by atoms with Gasteiger partial charge in [-0.25, -0.2) is 9.78 Å². The number of fused-ring (bicyclic) bond motifs is 1. The molecule has 0 aliphatic carbocycles. The third kappa shape index (κ3) is 1.44. The van der Waals surface area contributed by atoms with Crippen molar-refractivity contribution in [3.8, 4) is 11.5 Å². The molecule has 17 heavy (non-hydrogen) atoms. The molecule has 0 aromatic carbocycles. The van der Waals surface area contributed by atoms with Gasteiger partial charge in [0.1, 0.15) is 5.69 Å². The SMILES string of the molecule is O=C(O)c1cc(-c2cnc3cnccn23)on1. The van der Waals surface area contributed by atoms with Gasteiger partial charge in [0.05, 0.1) is 12.4 Å². The van der Waals surface area contributed by atoms with E-state index in [9.17, 15) is 4.79 Å². The Morgan fingerprint density at radius 3 is 3.06 bits per heavy atom. The van der Waals surface area contributed by atoms with Crippen molar-refractivity contribution in [2.45, 2.75) is 0 Å². The fourth-order valence-electron chi connectivity index (χ4n) is 1.52. The van der Waals surface area contributed by atoms with Crippen LogP contribution in [0.15, 0.2) is 35.4 Å². The van der Waals surface area contributed by atoms with Gasteiger partial charge in [0.15, 0.2) is 17.1 Å². The number of hydrogen-bond acceptors (Lipinski definition) is 5. The second kappa shape index (κ2) is 3.41. The van der Waals surface area contributed by atoms with E-state index in [1.54, 1.807) is 29.2 Å². The molecule has 0 aliphatic rings. The van der Waals surface area contributed by atoms with E-state index >= 15 is 0 Å². The number of nitrogens with zero attached hydrogens (tertiary/aromatic N) is 4. The van der Waals surface area contributed by atoms with E-state index < -0.39 is 5.97 Å². The van der Waals surface area contributed by atoms with Gasteiger partial charge in [-0.3, -0.25) is 9.38 Å². The van der Waals surface area contributed by atoms with Gasteiger partial charge in [-0.15, -0.1) is 0 Å². The summed E-state index contributed by atoms with van der Waals surface area (Å²) in [5.41, 5.74) is 1.14. The normalized spacial score (nSPS) is 10.8. The van der Waals surface area contributed by atoms with E-state index in [4.69, 9.17) is 9.63 Å². The minimum Gasteiger partial charge on any atom is -0.476 e. The molecule has 0 atom stereocenters. The van der Waals surface area contributed by atoms with Crippen LogP contribution in [0.1, 0.15) is 10.5 Å².